The van der Waals surface area contributed by atoms with Crippen LogP contribution in [-0.4, -0.2) is 54.6 Å². The summed E-state index contributed by atoms with van der Waals surface area (Å²) in [6.07, 6.45) is 4.27. The topological polar surface area (TPSA) is 64.7 Å². The summed E-state index contributed by atoms with van der Waals surface area (Å²) in [5.74, 6) is 0.895. The molecule has 4 aromatic rings. The summed E-state index contributed by atoms with van der Waals surface area (Å²) in [7, 11) is 1.71. The monoisotopic (exact) mass is 515 g/mol. The largest absolute Gasteiger partial charge is 0.495 e. The second-order valence-electron chi connectivity index (χ2n) is 9.07. The molecule has 1 saturated heterocycles. The van der Waals surface area contributed by atoms with Crippen molar-refractivity contribution in [1.82, 2.24) is 14.9 Å². The van der Waals surface area contributed by atoms with Crippen molar-refractivity contribution >= 4 is 35.1 Å². The van der Waals surface area contributed by atoms with E-state index in [1.807, 2.05) is 54.6 Å². The first-order chi connectivity index (χ1) is 18.1. The van der Waals surface area contributed by atoms with Gasteiger partial charge in [-0.2, -0.15) is 0 Å². The van der Waals surface area contributed by atoms with Gasteiger partial charge in [-0.3, -0.25) is 19.6 Å². The van der Waals surface area contributed by atoms with E-state index >= 15 is 0 Å². The highest BCUT2D eigenvalue weighted by Gasteiger charge is 2.26. The van der Waals surface area contributed by atoms with Gasteiger partial charge in [-0.25, -0.2) is 0 Å². The number of methoxy groups -OCH3 is 1. The number of H-pyrrole nitrogens is 1. The predicted octanol–water partition coefficient (Wildman–Crippen LogP) is 5.66. The molecule has 2 aromatic carbocycles. The molecule has 0 radical (unpaired) electrons. The Kier molecular flexibility index (Phi) is 7.44. The lowest BCUT2D eigenvalue weighted by molar-refractivity contribution is -0.106. The van der Waals surface area contributed by atoms with Gasteiger partial charge >= 0.3 is 0 Å². The number of hydrogen-bond donors (Lipinski definition) is 1. The number of hydrogen-bond acceptors (Lipinski definition) is 5. The third-order valence-corrected chi connectivity index (χ3v) is 7.14. The van der Waals surface area contributed by atoms with Gasteiger partial charge in [0.15, 0.2) is 0 Å². The molecule has 190 valence electrons. The Labute approximate surface area is 222 Å². The maximum absolute atomic E-state index is 12.5. The number of ether oxygens (including phenoxy) is 1. The number of carbonyl (C=O) groups is 1. The van der Waals surface area contributed by atoms with E-state index in [0.29, 0.717) is 5.02 Å². The van der Waals surface area contributed by atoms with Crippen LogP contribution in [0.3, 0.4) is 0 Å². The molecule has 1 amide bonds. The molecule has 0 saturated carbocycles. The van der Waals surface area contributed by atoms with Gasteiger partial charge < -0.3 is 14.6 Å². The highest BCUT2D eigenvalue weighted by Crippen LogP contribution is 2.40. The van der Waals surface area contributed by atoms with Gasteiger partial charge in [0.1, 0.15) is 5.75 Å². The normalized spacial score (nSPS) is 14.0. The summed E-state index contributed by atoms with van der Waals surface area (Å²) < 4.78 is 5.57. The number of rotatable bonds is 8. The Balaban J connectivity index is 1.46. The highest BCUT2D eigenvalue weighted by molar-refractivity contribution is 6.30. The Morgan fingerprint density at radius 3 is 2.41 bits per heavy atom. The van der Waals surface area contributed by atoms with Gasteiger partial charge in [0.05, 0.1) is 29.9 Å². The number of aromatic nitrogens is 2. The first-order valence-corrected chi connectivity index (χ1v) is 12.7. The molecule has 1 aliphatic rings. The molecule has 8 heteroatoms. The SMILES string of the molecule is COc1ccccc1N1CCN(Cc2c(C)[nH]c(-c3ccc(Cl)cc3)c2N(C=O)c2ccncc2)CC1. The second kappa shape index (κ2) is 11.1. The number of anilines is 3. The Morgan fingerprint density at radius 2 is 1.73 bits per heavy atom. The number of piperazine rings is 1. The zero-order valence-electron chi connectivity index (χ0n) is 21.0. The minimum absolute atomic E-state index is 0.670. The molecule has 7 nitrogen and oxygen atoms in total. The van der Waals surface area contributed by atoms with Gasteiger partial charge in [-0.15, -0.1) is 0 Å². The van der Waals surface area contributed by atoms with Crippen molar-refractivity contribution in [3.8, 4) is 17.0 Å². The molecular weight excluding hydrogens is 486 g/mol. The summed E-state index contributed by atoms with van der Waals surface area (Å²) in [5, 5.41) is 0.670. The van der Waals surface area contributed by atoms with Crippen molar-refractivity contribution in [1.29, 1.82) is 0 Å². The molecule has 0 spiro atoms. The van der Waals surface area contributed by atoms with Crippen LogP contribution in [0.2, 0.25) is 5.02 Å². The Morgan fingerprint density at radius 1 is 1.03 bits per heavy atom. The lowest BCUT2D eigenvalue weighted by Crippen LogP contribution is -2.46. The number of carbonyl (C=O) groups excluding carboxylic acids is 1. The van der Waals surface area contributed by atoms with E-state index in [1.165, 1.54) is 0 Å². The zero-order valence-corrected chi connectivity index (χ0v) is 21.8. The van der Waals surface area contributed by atoms with Crippen molar-refractivity contribution < 1.29 is 9.53 Å². The number of benzene rings is 2. The molecule has 3 heterocycles. The summed E-state index contributed by atoms with van der Waals surface area (Å²) in [6.45, 7) is 6.37. The van der Waals surface area contributed by atoms with E-state index in [2.05, 4.69) is 32.8 Å². The van der Waals surface area contributed by atoms with E-state index < -0.39 is 0 Å². The fourth-order valence-electron chi connectivity index (χ4n) is 4.94. The third kappa shape index (κ3) is 5.19. The number of nitrogens with one attached hydrogen (secondary N) is 1. The van der Waals surface area contributed by atoms with E-state index in [1.54, 1.807) is 24.4 Å². The number of amides is 1. The molecule has 0 bridgehead atoms. The average Bonchev–Trinajstić information content (AvgIpc) is 3.26. The van der Waals surface area contributed by atoms with Crippen LogP contribution in [0.15, 0.2) is 73.1 Å². The first kappa shape index (κ1) is 24.9. The number of pyridine rings is 1. The molecule has 0 unspecified atom stereocenters. The Bertz CT molecular complexity index is 1350. The van der Waals surface area contributed by atoms with Crippen LogP contribution in [0.1, 0.15) is 11.3 Å². The van der Waals surface area contributed by atoms with Gasteiger partial charge in [0.2, 0.25) is 6.41 Å². The van der Waals surface area contributed by atoms with E-state index in [4.69, 9.17) is 16.3 Å². The van der Waals surface area contributed by atoms with Crippen LogP contribution in [0.5, 0.6) is 5.75 Å². The highest BCUT2D eigenvalue weighted by atomic mass is 35.5. The molecule has 0 aliphatic carbocycles. The van der Waals surface area contributed by atoms with Crippen LogP contribution >= 0.6 is 11.6 Å². The van der Waals surface area contributed by atoms with Crippen molar-refractivity contribution in [3.63, 3.8) is 0 Å². The molecule has 5 rings (SSSR count). The minimum atomic E-state index is 0.670. The van der Waals surface area contributed by atoms with E-state index in [0.717, 1.165) is 84.5 Å². The van der Waals surface area contributed by atoms with Gasteiger partial charge in [0.25, 0.3) is 0 Å². The summed E-state index contributed by atoms with van der Waals surface area (Å²) in [6, 6.07) is 19.5. The first-order valence-electron chi connectivity index (χ1n) is 12.3. The van der Waals surface area contributed by atoms with Crippen LogP contribution in [0, 0.1) is 6.92 Å². The van der Waals surface area contributed by atoms with E-state index in [9.17, 15) is 4.79 Å². The van der Waals surface area contributed by atoms with Crippen molar-refractivity contribution in [2.45, 2.75) is 13.5 Å². The molecule has 1 aliphatic heterocycles. The molecule has 1 N–H and O–H groups in total. The standard InChI is InChI=1S/C29H30ClN5O2/c1-21-25(19-33-15-17-34(18-16-33)26-5-3-4-6-27(26)37-2)29(35(20-36)24-11-13-31-14-12-24)28(32-21)22-7-9-23(30)10-8-22/h3-14,20,32H,15-19H2,1-2H3. The Hall–Kier alpha value is -3.81. The quantitative estimate of drug-likeness (QED) is 0.307. The van der Waals surface area contributed by atoms with Crippen LogP contribution in [0.25, 0.3) is 11.3 Å². The van der Waals surface area contributed by atoms with Crippen LogP contribution < -0.4 is 14.5 Å². The number of aryl methyl sites for hydroxylation is 1. The molecule has 2 aromatic heterocycles. The lowest BCUT2D eigenvalue weighted by Gasteiger charge is -2.37. The number of halogens is 1. The smallest absolute Gasteiger partial charge is 0.218 e. The summed E-state index contributed by atoms with van der Waals surface area (Å²) in [5.41, 5.74) is 6.73. The van der Waals surface area contributed by atoms with Crippen LogP contribution in [0.4, 0.5) is 17.1 Å². The third-order valence-electron chi connectivity index (χ3n) is 6.89. The summed E-state index contributed by atoms with van der Waals surface area (Å²) >= 11 is 6.16. The van der Waals surface area contributed by atoms with E-state index in [-0.39, 0.29) is 0 Å². The van der Waals surface area contributed by atoms with Gasteiger partial charge in [0, 0.05) is 67.0 Å². The number of nitrogens with zero attached hydrogens (tertiary/aromatic N) is 4. The second-order valence-corrected chi connectivity index (χ2v) is 9.51. The van der Waals surface area contributed by atoms with Crippen molar-refractivity contribution in [2.24, 2.45) is 0 Å². The predicted molar refractivity (Wildman–Crippen MR) is 149 cm³/mol. The molecule has 1 fully saturated rings. The number of aromatic amines is 1. The molecule has 0 atom stereocenters. The maximum atomic E-state index is 12.5. The number of para-hydroxylation sites is 2. The maximum Gasteiger partial charge on any atom is 0.218 e. The van der Waals surface area contributed by atoms with Gasteiger partial charge in [-0.05, 0) is 43.3 Å². The van der Waals surface area contributed by atoms with Crippen molar-refractivity contribution in [2.75, 3.05) is 43.1 Å². The average molecular weight is 516 g/mol. The lowest BCUT2D eigenvalue weighted by atomic mass is 10.1. The van der Waals surface area contributed by atoms with Gasteiger partial charge in [-0.1, -0.05) is 35.9 Å². The molecule has 37 heavy (non-hydrogen) atoms. The fourth-order valence-corrected chi connectivity index (χ4v) is 5.07. The van der Waals surface area contributed by atoms with Crippen LogP contribution in [-0.2, 0) is 11.3 Å². The minimum Gasteiger partial charge on any atom is -0.495 e. The summed E-state index contributed by atoms with van der Waals surface area (Å²) in [4.78, 5) is 26.7. The van der Waals surface area contributed by atoms with Crippen molar-refractivity contribution in [3.05, 3.63) is 89.3 Å². The fraction of sp³-hybridized carbons (Fsp3) is 0.241. The zero-order chi connectivity index (χ0) is 25.8. The molecular formula is C29H30ClN5O2.